The van der Waals surface area contributed by atoms with Gasteiger partial charge in [0.1, 0.15) is 17.2 Å². The number of carbonyl (C=O) groups is 1. The summed E-state index contributed by atoms with van der Waals surface area (Å²) in [5.41, 5.74) is 2.84. The Kier molecular flexibility index (Phi) is 6.42. The Hall–Kier alpha value is -3.77. The van der Waals surface area contributed by atoms with Gasteiger partial charge in [0.25, 0.3) is 5.91 Å². The average molecular weight is 449 g/mol. The molecular weight excluding hydrogens is 428 g/mol. The number of nitrogens with one attached hydrogen (secondary N) is 1. The second kappa shape index (κ2) is 9.58. The minimum absolute atomic E-state index is 0.193. The lowest BCUT2D eigenvalue weighted by atomic mass is 10.1. The van der Waals surface area contributed by atoms with E-state index in [-0.39, 0.29) is 12.5 Å². The van der Waals surface area contributed by atoms with E-state index < -0.39 is 0 Å². The first-order valence-electron chi connectivity index (χ1n) is 9.88. The van der Waals surface area contributed by atoms with Gasteiger partial charge in [-0.2, -0.15) is 0 Å². The molecule has 0 aliphatic heterocycles. The quantitative estimate of drug-likeness (QED) is 0.399. The summed E-state index contributed by atoms with van der Waals surface area (Å²) in [7, 11) is 3.15. The number of benzene rings is 3. The molecule has 3 aromatic carbocycles. The van der Waals surface area contributed by atoms with Gasteiger partial charge in [-0.05, 0) is 42.5 Å². The Labute approximate surface area is 190 Å². The number of aromatic nitrogens is 1. The topological polar surface area (TPSA) is 69.7 Å². The first-order chi connectivity index (χ1) is 15.6. The number of fused-ring (bicyclic) bond motifs is 1. The molecule has 0 saturated carbocycles. The van der Waals surface area contributed by atoms with Gasteiger partial charge in [0.2, 0.25) is 0 Å². The van der Waals surface area contributed by atoms with Crippen LogP contribution in [-0.2, 0) is 4.79 Å². The van der Waals surface area contributed by atoms with Crippen LogP contribution in [0.1, 0.15) is 0 Å². The molecule has 4 rings (SSSR count). The summed E-state index contributed by atoms with van der Waals surface area (Å²) >= 11 is 6.04. The molecule has 1 heterocycles. The van der Waals surface area contributed by atoms with Gasteiger partial charge in [-0.25, -0.2) is 4.98 Å². The lowest BCUT2D eigenvalue weighted by Gasteiger charge is -2.13. The predicted molar refractivity (Wildman–Crippen MR) is 126 cm³/mol. The lowest BCUT2D eigenvalue weighted by molar-refractivity contribution is -0.118. The lowest BCUT2D eigenvalue weighted by Crippen LogP contribution is -2.20. The van der Waals surface area contributed by atoms with Crippen LogP contribution in [0.15, 0.2) is 72.8 Å². The second-order valence-electron chi connectivity index (χ2n) is 6.94. The molecule has 162 valence electrons. The van der Waals surface area contributed by atoms with E-state index in [1.54, 1.807) is 25.3 Å². The van der Waals surface area contributed by atoms with Gasteiger partial charge in [0, 0.05) is 22.0 Å². The standard InChI is InChI=1S/C25H21ClN2O4/c1-30-18-7-5-6-16(12-18)21-14-24(19-8-3-4-9-20(19)27-21)32-15-25(29)28-22-13-17(26)10-11-23(22)31-2/h3-14H,15H2,1-2H3,(H,28,29). The molecule has 1 amide bonds. The molecule has 0 bridgehead atoms. The van der Waals surface area contributed by atoms with E-state index in [1.165, 1.54) is 7.11 Å². The van der Waals surface area contributed by atoms with Crippen LogP contribution >= 0.6 is 11.6 Å². The molecule has 32 heavy (non-hydrogen) atoms. The smallest absolute Gasteiger partial charge is 0.262 e. The van der Waals surface area contributed by atoms with Crippen LogP contribution in [0.4, 0.5) is 5.69 Å². The molecule has 0 fully saturated rings. The Morgan fingerprint density at radius 3 is 2.59 bits per heavy atom. The highest BCUT2D eigenvalue weighted by Gasteiger charge is 2.13. The van der Waals surface area contributed by atoms with E-state index in [0.717, 1.165) is 27.9 Å². The van der Waals surface area contributed by atoms with Crippen molar-refractivity contribution in [2.24, 2.45) is 0 Å². The van der Waals surface area contributed by atoms with Crippen LogP contribution in [0, 0.1) is 0 Å². The van der Waals surface area contributed by atoms with Gasteiger partial charge in [-0.15, -0.1) is 0 Å². The number of carbonyl (C=O) groups excluding carboxylic acids is 1. The summed E-state index contributed by atoms with van der Waals surface area (Å²) in [6.45, 7) is -0.193. The largest absolute Gasteiger partial charge is 0.497 e. The van der Waals surface area contributed by atoms with Crippen molar-refractivity contribution < 1.29 is 19.0 Å². The molecule has 0 saturated heterocycles. The van der Waals surface area contributed by atoms with Crippen LogP contribution in [0.5, 0.6) is 17.2 Å². The minimum atomic E-state index is -0.339. The second-order valence-corrected chi connectivity index (χ2v) is 7.37. The zero-order valence-corrected chi connectivity index (χ0v) is 18.3. The molecule has 0 aliphatic carbocycles. The molecule has 1 aromatic heterocycles. The highest BCUT2D eigenvalue weighted by molar-refractivity contribution is 6.31. The molecule has 7 heteroatoms. The Balaban J connectivity index is 1.60. The van der Waals surface area contributed by atoms with Gasteiger partial charge >= 0.3 is 0 Å². The molecule has 4 aromatic rings. The first kappa shape index (κ1) is 21.5. The summed E-state index contributed by atoms with van der Waals surface area (Å²) in [4.78, 5) is 17.3. The third-order valence-corrected chi connectivity index (χ3v) is 5.07. The van der Waals surface area contributed by atoms with E-state index in [9.17, 15) is 4.79 Å². The summed E-state index contributed by atoms with van der Waals surface area (Å²) in [6, 6.07) is 22.1. The van der Waals surface area contributed by atoms with E-state index in [4.69, 9.17) is 30.8 Å². The van der Waals surface area contributed by atoms with Crippen molar-refractivity contribution in [3.8, 4) is 28.5 Å². The Morgan fingerprint density at radius 1 is 0.938 bits per heavy atom. The fourth-order valence-electron chi connectivity index (χ4n) is 3.30. The van der Waals surface area contributed by atoms with Crippen molar-refractivity contribution in [2.45, 2.75) is 0 Å². The molecule has 1 N–H and O–H groups in total. The van der Waals surface area contributed by atoms with Crippen LogP contribution in [0.3, 0.4) is 0 Å². The van der Waals surface area contributed by atoms with Gasteiger partial charge < -0.3 is 19.5 Å². The maximum atomic E-state index is 12.6. The zero-order chi connectivity index (χ0) is 22.5. The fourth-order valence-corrected chi connectivity index (χ4v) is 3.47. The van der Waals surface area contributed by atoms with E-state index in [0.29, 0.717) is 22.2 Å². The summed E-state index contributed by atoms with van der Waals surface area (Å²) in [6.07, 6.45) is 0. The Bertz CT molecular complexity index is 1280. The van der Waals surface area contributed by atoms with Crippen LogP contribution < -0.4 is 19.5 Å². The molecule has 0 atom stereocenters. The number of hydrogen-bond donors (Lipinski definition) is 1. The monoisotopic (exact) mass is 448 g/mol. The van der Waals surface area contributed by atoms with Crippen molar-refractivity contribution >= 4 is 34.1 Å². The van der Waals surface area contributed by atoms with Crippen molar-refractivity contribution in [3.63, 3.8) is 0 Å². The van der Waals surface area contributed by atoms with Gasteiger partial charge in [0.15, 0.2) is 6.61 Å². The predicted octanol–water partition coefficient (Wildman–Crippen LogP) is 5.59. The number of anilines is 1. The number of rotatable bonds is 7. The highest BCUT2D eigenvalue weighted by atomic mass is 35.5. The SMILES string of the molecule is COc1cccc(-c2cc(OCC(=O)Nc3cc(Cl)ccc3OC)c3ccccc3n2)c1. The summed E-state index contributed by atoms with van der Waals surface area (Å²) in [5.74, 6) is 1.46. The molecule has 0 unspecified atom stereocenters. The maximum absolute atomic E-state index is 12.6. The molecule has 6 nitrogen and oxygen atoms in total. The van der Waals surface area contributed by atoms with E-state index >= 15 is 0 Å². The Morgan fingerprint density at radius 2 is 1.78 bits per heavy atom. The van der Waals surface area contributed by atoms with Crippen LogP contribution in [0.2, 0.25) is 5.02 Å². The highest BCUT2D eigenvalue weighted by Crippen LogP contribution is 2.32. The van der Waals surface area contributed by atoms with Crippen LogP contribution in [0.25, 0.3) is 22.2 Å². The fraction of sp³-hybridized carbons (Fsp3) is 0.120. The average Bonchev–Trinajstić information content (AvgIpc) is 2.82. The number of para-hydroxylation sites is 1. The first-order valence-corrected chi connectivity index (χ1v) is 10.3. The number of nitrogens with zero attached hydrogens (tertiary/aromatic N) is 1. The number of hydrogen-bond acceptors (Lipinski definition) is 5. The molecule has 0 spiro atoms. The number of halogens is 1. The molecule has 0 aliphatic rings. The third-order valence-electron chi connectivity index (χ3n) is 4.84. The van der Waals surface area contributed by atoms with Gasteiger partial charge in [-0.1, -0.05) is 35.9 Å². The van der Waals surface area contributed by atoms with Crippen LogP contribution in [-0.4, -0.2) is 31.7 Å². The number of pyridine rings is 1. The summed E-state index contributed by atoms with van der Waals surface area (Å²) < 4.78 is 16.5. The van der Waals surface area contributed by atoms with Gasteiger partial charge in [0.05, 0.1) is 31.1 Å². The van der Waals surface area contributed by atoms with Crippen molar-refractivity contribution in [1.29, 1.82) is 0 Å². The summed E-state index contributed by atoms with van der Waals surface area (Å²) in [5, 5.41) is 4.08. The number of ether oxygens (including phenoxy) is 3. The normalized spacial score (nSPS) is 10.6. The number of amides is 1. The maximum Gasteiger partial charge on any atom is 0.262 e. The van der Waals surface area contributed by atoms with Gasteiger partial charge in [-0.3, -0.25) is 4.79 Å². The number of methoxy groups -OCH3 is 2. The minimum Gasteiger partial charge on any atom is -0.497 e. The van der Waals surface area contributed by atoms with Crippen molar-refractivity contribution in [1.82, 2.24) is 4.98 Å². The van der Waals surface area contributed by atoms with E-state index in [1.807, 2.05) is 54.6 Å². The van der Waals surface area contributed by atoms with E-state index in [2.05, 4.69) is 5.32 Å². The molecule has 0 radical (unpaired) electrons. The van der Waals surface area contributed by atoms with Crippen molar-refractivity contribution in [2.75, 3.05) is 26.1 Å². The third kappa shape index (κ3) is 4.76. The zero-order valence-electron chi connectivity index (χ0n) is 17.6. The molecular formula is C25H21ClN2O4. The van der Waals surface area contributed by atoms with Crippen molar-refractivity contribution in [3.05, 3.63) is 77.8 Å².